The second kappa shape index (κ2) is 15.1. The lowest BCUT2D eigenvalue weighted by Crippen LogP contribution is -1.98. The van der Waals surface area contributed by atoms with E-state index in [1.165, 1.54) is 89.9 Å². The van der Waals surface area contributed by atoms with E-state index in [1.54, 1.807) is 0 Å². The summed E-state index contributed by atoms with van der Waals surface area (Å²) in [7, 11) is 0. The minimum atomic E-state index is 0.518. The van der Waals surface area contributed by atoms with Crippen LogP contribution < -0.4 is 0 Å². The fourth-order valence-electron chi connectivity index (χ4n) is 3.00. The molecule has 0 saturated heterocycles. The van der Waals surface area contributed by atoms with Crippen molar-refractivity contribution in [2.45, 2.75) is 103 Å². The number of allylic oxidation sites excluding steroid dienone is 2. The van der Waals surface area contributed by atoms with Crippen molar-refractivity contribution < 1.29 is 4.74 Å². The molecule has 0 aliphatic carbocycles. The Kier molecular flexibility index (Phi) is 13.2. The summed E-state index contributed by atoms with van der Waals surface area (Å²) in [5, 5.41) is 0. The molecule has 1 aliphatic heterocycles. The van der Waals surface area contributed by atoms with Gasteiger partial charge >= 0.3 is 0 Å². The first-order valence-electron chi connectivity index (χ1n) is 9.75. The van der Waals surface area contributed by atoms with Gasteiger partial charge in [0.1, 0.15) is 5.76 Å². The maximum absolute atomic E-state index is 5.45. The predicted octanol–water partition coefficient (Wildman–Crippen LogP) is 6.80. The highest BCUT2D eigenvalue weighted by Gasteiger charge is 2.00. The van der Waals surface area contributed by atoms with Crippen molar-refractivity contribution in [3.8, 4) is 0 Å². The molecule has 0 aromatic rings. The molecule has 0 unspecified atom stereocenters. The van der Waals surface area contributed by atoms with Gasteiger partial charge in [0.15, 0.2) is 6.73 Å². The zero-order valence-electron chi connectivity index (χ0n) is 14.8. The maximum Gasteiger partial charge on any atom is 0.178 e. The highest BCUT2D eigenvalue weighted by molar-refractivity contribution is 5.72. The Morgan fingerprint density at radius 3 is 1.73 bits per heavy atom. The number of ether oxygens (including phenoxy) is 1. The molecule has 128 valence electrons. The average molecular weight is 308 g/mol. The molecule has 0 amide bonds. The van der Waals surface area contributed by atoms with Crippen molar-refractivity contribution in [3.05, 3.63) is 11.8 Å². The lowest BCUT2D eigenvalue weighted by molar-refractivity contribution is 0.207. The van der Waals surface area contributed by atoms with Crippen LogP contribution in [0.1, 0.15) is 103 Å². The second-order valence-electron chi connectivity index (χ2n) is 6.58. The number of nitrogens with zero attached hydrogens (tertiary/aromatic N) is 1. The van der Waals surface area contributed by atoms with Crippen molar-refractivity contribution in [1.82, 2.24) is 0 Å². The Morgan fingerprint density at radius 2 is 1.27 bits per heavy atom. The van der Waals surface area contributed by atoms with E-state index in [9.17, 15) is 0 Å². The summed E-state index contributed by atoms with van der Waals surface area (Å²) in [5.74, 6) is 1.12. The molecular weight excluding hydrogens is 270 g/mol. The van der Waals surface area contributed by atoms with E-state index in [2.05, 4.69) is 11.9 Å². The number of rotatable bonds is 15. The first kappa shape index (κ1) is 19.3. The van der Waals surface area contributed by atoms with Crippen molar-refractivity contribution in [1.29, 1.82) is 0 Å². The van der Waals surface area contributed by atoms with Crippen LogP contribution in [-0.4, -0.2) is 12.9 Å². The Hall–Kier alpha value is -0.790. The summed E-state index contributed by atoms with van der Waals surface area (Å²) in [4.78, 5) is 4.02. The normalized spacial score (nSPS) is 14.0. The molecule has 2 heteroatoms. The molecule has 0 spiro atoms. The Labute approximate surface area is 138 Å². The smallest absolute Gasteiger partial charge is 0.178 e. The van der Waals surface area contributed by atoms with Crippen molar-refractivity contribution in [3.63, 3.8) is 0 Å². The molecule has 0 atom stereocenters. The van der Waals surface area contributed by atoms with Gasteiger partial charge in [0.05, 0.1) is 0 Å². The predicted molar refractivity (Wildman–Crippen MR) is 97.5 cm³/mol. The summed E-state index contributed by atoms with van der Waals surface area (Å²) in [6.45, 7) is 2.81. The Balaban J connectivity index is 1.71. The van der Waals surface area contributed by atoms with Crippen LogP contribution in [0.25, 0.3) is 0 Å². The molecular formula is C20H37NO. The van der Waals surface area contributed by atoms with E-state index in [4.69, 9.17) is 4.74 Å². The van der Waals surface area contributed by atoms with Crippen LogP contribution in [0.2, 0.25) is 0 Å². The number of unbranched alkanes of at least 4 members (excludes halogenated alkanes) is 13. The van der Waals surface area contributed by atoms with Gasteiger partial charge in [-0.15, -0.1) is 0 Å². The molecule has 1 heterocycles. The maximum atomic E-state index is 5.45. The first-order chi connectivity index (χ1) is 10.9. The summed E-state index contributed by atoms with van der Waals surface area (Å²) in [6, 6.07) is 0. The van der Waals surface area contributed by atoms with Crippen molar-refractivity contribution in [2.75, 3.05) is 6.73 Å². The quantitative estimate of drug-likeness (QED) is 0.305. The molecule has 0 N–H and O–H groups in total. The summed E-state index contributed by atoms with van der Waals surface area (Å²) in [5.41, 5.74) is 0. The van der Waals surface area contributed by atoms with E-state index in [0.717, 1.165) is 12.2 Å². The lowest BCUT2D eigenvalue weighted by Gasteiger charge is -2.10. The van der Waals surface area contributed by atoms with Gasteiger partial charge in [0.2, 0.25) is 0 Å². The second-order valence-corrected chi connectivity index (χ2v) is 6.58. The van der Waals surface area contributed by atoms with Crippen LogP contribution in [0, 0.1) is 0 Å². The van der Waals surface area contributed by atoms with Gasteiger partial charge in [-0.25, -0.2) is 0 Å². The van der Waals surface area contributed by atoms with Crippen LogP contribution >= 0.6 is 0 Å². The highest BCUT2D eigenvalue weighted by Crippen LogP contribution is 2.15. The summed E-state index contributed by atoms with van der Waals surface area (Å²) < 4.78 is 5.45. The third-order valence-corrected chi connectivity index (χ3v) is 4.47. The third-order valence-electron chi connectivity index (χ3n) is 4.47. The SMILES string of the molecule is CCCCCCCCCCCCCCCCC1=CC=NCO1. The molecule has 0 aromatic heterocycles. The minimum absolute atomic E-state index is 0.518. The largest absolute Gasteiger partial charge is 0.476 e. The molecule has 1 rings (SSSR count). The molecule has 0 saturated carbocycles. The fraction of sp³-hybridized carbons (Fsp3) is 0.850. The molecule has 0 radical (unpaired) electrons. The standard InChI is InChI=1S/C20H37NO/c1-2-3-4-5-6-7-8-9-10-11-12-13-14-15-16-20-17-18-21-19-22-20/h17-18H,2-16,19H2,1H3. The molecule has 22 heavy (non-hydrogen) atoms. The van der Waals surface area contributed by atoms with Gasteiger partial charge in [-0.1, -0.05) is 90.4 Å². The van der Waals surface area contributed by atoms with E-state index in [1.807, 2.05) is 12.3 Å². The van der Waals surface area contributed by atoms with Gasteiger partial charge < -0.3 is 4.74 Å². The van der Waals surface area contributed by atoms with Gasteiger partial charge in [0.25, 0.3) is 0 Å². The molecule has 2 nitrogen and oxygen atoms in total. The van der Waals surface area contributed by atoms with Crippen LogP contribution in [0.3, 0.4) is 0 Å². The number of hydrogen-bond acceptors (Lipinski definition) is 2. The van der Waals surface area contributed by atoms with Crippen LogP contribution in [-0.2, 0) is 4.74 Å². The monoisotopic (exact) mass is 307 g/mol. The lowest BCUT2D eigenvalue weighted by atomic mass is 10.0. The van der Waals surface area contributed by atoms with Gasteiger partial charge in [-0.2, -0.15) is 0 Å². The molecule has 0 aromatic carbocycles. The van der Waals surface area contributed by atoms with Gasteiger partial charge in [-0.3, -0.25) is 4.99 Å². The molecule has 0 fully saturated rings. The minimum Gasteiger partial charge on any atom is -0.476 e. The molecule has 1 aliphatic rings. The topological polar surface area (TPSA) is 21.6 Å². The zero-order valence-corrected chi connectivity index (χ0v) is 14.8. The molecule has 0 bridgehead atoms. The fourth-order valence-corrected chi connectivity index (χ4v) is 3.00. The van der Waals surface area contributed by atoms with E-state index >= 15 is 0 Å². The van der Waals surface area contributed by atoms with Crippen LogP contribution in [0.15, 0.2) is 16.8 Å². The summed E-state index contributed by atoms with van der Waals surface area (Å²) >= 11 is 0. The highest BCUT2D eigenvalue weighted by atomic mass is 16.5. The number of hydrogen-bond donors (Lipinski definition) is 0. The zero-order chi connectivity index (χ0) is 15.7. The number of aliphatic imine (C=N–C) groups is 1. The Bertz CT molecular complexity index is 296. The van der Waals surface area contributed by atoms with Crippen LogP contribution in [0.4, 0.5) is 0 Å². The van der Waals surface area contributed by atoms with Crippen LogP contribution in [0.5, 0.6) is 0 Å². The third kappa shape index (κ3) is 11.8. The van der Waals surface area contributed by atoms with Gasteiger partial charge in [0, 0.05) is 12.6 Å². The van der Waals surface area contributed by atoms with Crippen molar-refractivity contribution in [2.24, 2.45) is 4.99 Å². The van der Waals surface area contributed by atoms with Gasteiger partial charge in [-0.05, 0) is 12.5 Å². The van der Waals surface area contributed by atoms with E-state index in [0.29, 0.717) is 6.73 Å². The first-order valence-corrected chi connectivity index (χ1v) is 9.75. The Morgan fingerprint density at radius 1 is 0.773 bits per heavy atom. The van der Waals surface area contributed by atoms with E-state index in [-0.39, 0.29) is 0 Å². The van der Waals surface area contributed by atoms with Crippen molar-refractivity contribution >= 4 is 6.21 Å². The average Bonchev–Trinajstić information content (AvgIpc) is 2.56. The summed E-state index contributed by atoms with van der Waals surface area (Å²) in [6.07, 6.45) is 24.8. The van der Waals surface area contributed by atoms with E-state index < -0.39 is 0 Å².